The van der Waals surface area contributed by atoms with Gasteiger partial charge in [0.25, 0.3) is 0 Å². The summed E-state index contributed by atoms with van der Waals surface area (Å²) in [6.07, 6.45) is 0. The topological polar surface area (TPSA) is 82.6 Å². The summed E-state index contributed by atoms with van der Waals surface area (Å²) in [5.74, 6) is 2.69. The number of guanidine groups is 1. The van der Waals surface area contributed by atoms with E-state index in [2.05, 4.69) is 20.4 Å². The molecule has 0 aromatic heterocycles. The summed E-state index contributed by atoms with van der Waals surface area (Å²) in [7, 11) is 3.17. The Morgan fingerprint density at radius 3 is 2.48 bits per heavy atom. The summed E-state index contributed by atoms with van der Waals surface area (Å²) in [5.41, 5.74) is 1.35. The number of ether oxygens (including phenoxy) is 5. The Bertz CT molecular complexity index is 924. The summed E-state index contributed by atoms with van der Waals surface area (Å²) in [5, 5.41) is 6.33. The molecule has 0 amide bonds. The number of rotatable bonds is 9. The molecule has 2 N–H and O–H groups in total. The minimum Gasteiger partial charge on any atom is -0.497 e. The first-order chi connectivity index (χ1) is 15.0. The van der Waals surface area contributed by atoms with Gasteiger partial charge in [0.2, 0.25) is 6.79 Å². The van der Waals surface area contributed by atoms with Gasteiger partial charge in [0.1, 0.15) is 17.2 Å². The van der Waals surface area contributed by atoms with E-state index in [-0.39, 0.29) is 19.1 Å². The molecule has 10 heteroatoms. The van der Waals surface area contributed by atoms with Gasteiger partial charge >= 0.3 is 6.61 Å². The van der Waals surface area contributed by atoms with Crippen LogP contribution in [0.4, 0.5) is 8.78 Å². The van der Waals surface area contributed by atoms with Gasteiger partial charge in [0.15, 0.2) is 17.5 Å². The molecule has 1 aliphatic rings. The molecule has 1 heterocycles. The molecule has 168 valence electrons. The van der Waals surface area contributed by atoms with Crippen LogP contribution in [-0.2, 0) is 13.1 Å². The van der Waals surface area contributed by atoms with Crippen molar-refractivity contribution in [2.24, 2.45) is 4.99 Å². The lowest BCUT2D eigenvalue weighted by Gasteiger charge is -2.15. The third-order valence-corrected chi connectivity index (χ3v) is 4.46. The zero-order valence-corrected chi connectivity index (χ0v) is 17.5. The Balaban J connectivity index is 1.76. The standard InChI is InChI=1S/C21H25F2N3O5/c1-4-24-21(25-10-13-5-6-15(27-2)8-16(13)28-3)26-11-14-7-18-19(30-12-29-18)9-17(14)31-20(22)23/h5-9,20H,4,10-12H2,1-3H3,(H2,24,25,26). The fourth-order valence-corrected chi connectivity index (χ4v) is 2.98. The van der Waals surface area contributed by atoms with Crippen molar-refractivity contribution < 1.29 is 32.5 Å². The molecular weight excluding hydrogens is 412 g/mol. The highest BCUT2D eigenvalue weighted by atomic mass is 19.3. The Morgan fingerprint density at radius 2 is 1.81 bits per heavy atom. The van der Waals surface area contributed by atoms with E-state index in [0.29, 0.717) is 47.6 Å². The molecule has 8 nitrogen and oxygen atoms in total. The van der Waals surface area contributed by atoms with E-state index in [1.807, 2.05) is 19.1 Å². The maximum Gasteiger partial charge on any atom is 0.387 e. The molecule has 0 saturated heterocycles. The molecule has 0 unspecified atom stereocenters. The molecule has 2 aromatic rings. The van der Waals surface area contributed by atoms with Gasteiger partial charge < -0.3 is 34.3 Å². The van der Waals surface area contributed by atoms with E-state index in [9.17, 15) is 8.78 Å². The molecule has 1 aliphatic heterocycles. The number of nitrogens with zero attached hydrogens (tertiary/aromatic N) is 1. The Morgan fingerprint density at radius 1 is 1.03 bits per heavy atom. The van der Waals surface area contributed by atoms with Crippen LogP contribution >= 0.6 is 0 Å². The van der Waals surface area contributed by atoms with Gasteiger partial charge in [0.05, 0.1) is 20.8 Å². The first kappa shape index (κ1) is 22.3. The number of aliphatic imine (C=N–C) groups is 1. The van der Waals surface area contributed by atoms with Crippen LogP contribution in [0.25, 0.3) is 0 Å². The van der Waals surface area contributed by atoms with Crippen molar-refractivity contribution in [3.63, 3.8) is 0 Å². The van der Waals surface area contributed by atoms with Crippen molar-refractivity contribution in [3.8, 4) is 28.7 Å². The van der Waals surface area contributed by atoms with Crippen LogP contribution in [0.3, 0.4) is 0 Å². The number of methoxy groups -OCH3 is 2. The number of hydrogen-bond donors (Lipinski definition) is 2. The molecule has 0 bridgehead atoms. The zero-order chi connectivity index (χ0) is 22.2. The molecule has 0 fully saturated rings. The average molecular weight is 437 g/mol. The third-order valence-electron chi connectivity index (χ3n) is 4.46. The lowest BCUT2D eigenvalue weighted by Crippen LogP contribution is -2.36. The zero-order valence-electron chi connectivity index (χ0n) is 17.5. The van der Waals surface area contributed by atoms with Gasteiger partial charge in [-0.1, -0.05) is 0 Å². The highest BCUT2D eigenvalue weighted by molar-refractivity contribution is 5.79. The maximum atomic E-state index is 12.8. The Hall–Kier alpha value is -3.43. The maximum absolute atomic E-state index is 12.8. The number of halogens is 2. The fraction of sp³-hybridized carbons (Fsp3) is 0.381. The number of alkyl halides is 2. The van der Waals surface area contributed by atoms with E-state index in [0.717, 1.165) is 5.56 Å². The number of benzene rings is 2. The molecule has 3 rings (SSSR count). The Kier molecular flexibility index (Phi) is 7.58. The second kappa shape index (κ2) is 10.6. The van der Waals surface area contributed by atoms with Crippen molar-refractivity contribution in [1.29, 1.82) is 0 Å². The average Bonchev–Trinajstić information content (AvgIpc) is 3.22. The summed E-state index contributed by atoms with van der Waals surface area (Å²) >= 11 is 0. The van der Waals surface area contributed by atoms with E-state index in [4.69, 9.17) is 18.9 Å². The second-order valence-corrected chi connectivity index (χ2v) is 6.42. The van der Waals surface area contributed by atoms with Gasteiger partial charge in [-0.2, -0.15) is 8.78 Å². The minimum atomic E-state index is -2.96. The van der Waals surface area contributed by atoms with E-state index >= 15 is 0 Å². The van der Waals surface area contributed by atoms with Gasteiger partial charge in [-0.05, 0) is 25.1 Å². The lowest BCUT2D eigenvalue weighted by atomic mass is 10.1. The molecule has 0 atom stereocenters. The van der Waals surface area contributed by atoms with Crippen molar-refractivity contribution in [2.45, 2.75) is 26.6 Å². The van der Waals surface area contributed by atoms with Gasteiger partial charge in [-0.15, -0.1) is 0 Å². The van der Waals surface area contributed by atoms with Crippen LogP contribution in [-0.4, -0.2) is 40.1 Å². The highest BCUT2D eigenvalue weighted by Crippen LogP contribution is 2.39. The molecule has 0 spiro atoms. The van der Waals surface area contributed by atoms with Crippen LogP contribution in [0.2, 0.25) is 0 Å². The molecule has 2 aromatic carbocycles. The van der Waals surface area contributed by atoms with Gasteiger partial charge in [-0.25, -0.2) is 4.99 Å². The van der Waals surface area contributed by atoms with Crippen LogP contribution in [0.5, 0.6) is 28.7 Å². The van der Waals surface area contributed by atoms with E-state index in [1.54, 1.807) is 26.4 Å². The summed E-state index contributed by atoms with van der Waals surface area (Å²) in [6, 6.07) is 8.51. The van der Waals surface area contributed by atoms with Crippen LogP contribution < -0.4 is 34.3 Å². The summed E-state index contributed by atoms with van der Waals surface area (Å²) in [6.45, 7) is 0.139. The minimum absolute atomic E-state index is 0.00401. The molecule has 31 heavy (non-hydrogen) atoms. The van der Waals surface area contributed by atoms with Crippen molar-refractivity contribution in [2.75, 3.05) is 27.6 Å². The number of fused-ring (bicyclic) bond motifs is 1. The van der Waals surface area contributed by atoms with Gasteiger partial charge in [0, 0.05) is 36.3 Å². The lowest BCUT2D eigenvalue weighted by molar-refractivity contribution is -0.0505. The van der Waals surface area contributed by atoms with Crippen molar-refractivity contribution in [3.05, 3.63) is 41.5 Å². The van der Waals surface area contributed by atoms with Crippen LogP contribution in [0.1, 0.15) is 18.1 Å². The molecular formula is C21H25F2N3O5. The molecule has 0 saturated carbocycles. The largest absolute Gasteiger partial charge is 0.497 e. The van der Waals surface area contributed by atoms with E-state index in [1.165, 1.54) is 6.07 Å². The van der Waals surface area contributed by atoms with Crippen molar-refractivity contribution >= 4 is 5.96 Å². The summed E-state index contributed by atoms with van der Waals surface area (Å²) in [4.78, 5) is 4.49. The molecule has 0 aliphatic carbocycles. The molecule has 0 radical (unpaired) electrons. The SMILES string of the molecule is CCNC(=NCc1cc2c(cc1OC(F)F)OCO2)NCc1ccc(OC)cc1OC. The highest BCUT2D eigenvalue weighted by Gasteiger charge is 2.20. The van der Waals surface area contributed by atoms with E-state index < -0.39 is 6.61 Å². The van der Waals surface area contributed by atoms with Crippen LogP contribution in [0.15, 0.2) is 35.3 Å². The van der Waals surface area contributed by atoms with Crippen molar-refractivity contribution in [1.82, 2.24) is 10.6 Å². The third kappa shape index (κ3) is 5.80. The second-order valence-electron chi connectivity index (χ2n) is 6.42. The first-order valence-corrected chi connectivity index (χ1v) is 9.64. The van der Waals surface area contributed by atoms with Gasteiger partial charge in [-0.3, -0.25) is 0 Å². The smallest absolute Gasteiger partial charge is 0.387 e. The summed E-state index contributed by atoms with van der Waals surface area (Å²) < 4.78 is 51.5. The Labute approximate surface area is 179 Å². The van der Waals surface area contributed by atoms with Crippen LogP contribution in [0, 0.1) is 0 Å². The monoisotopic (exact) mass is 437 g/mol. The number of hydrogen-bond acceptors (Lipinski definition) is 6. The quantitative estimate of drug-likeness (QED) is 0.460. The normalized spacial score (nSPS) is 12.6. The number of nitrogens with one attached hydrogen (secondary N) is 2. The fourth-order valence-electron chi connectivity index (χ4n) is 2.98. The predicted octanol–water partition coefficient (Wildman–Crippen LogP) is 3.29. The predicted molar refractivity (Wildman–Crippen MR) is 110 cm³/mol. The first-order valence-electron chi connectivity index (χ1n) is 9.64.